The van der Waals surface area contributed by atoms with E-state index in [-0.39, 0.29) is 18.4 Å². The second-order valence-corrected chi connectivity index (χ2v) is 7.74. The predicted molar refractivity (Wildman–Crippen MR) is 92.7 cm³/mol. The molecule has 1 aromatic heterocycles. The Balaban J connectivity index is 2.70. The molecule has 0 aromatic carbocycles. The van der Waals surface area contributed by atoms with Gasteiger partial charge in [0.2, 0.25) is 11.8 Å². The second kappa shape index (κ2) is 8.40. The Morgan fingerprint density at radius 1 is 1.30 bits per heavy atom. The SMILES string of the molecule is COCCCN(CC(=O)Nc1nc(C)c(C)s1)C(=O)C(C)(C)C. The van der Waals surface area contributed by atoms with Gasteiger partial charge >= 0.3 is 0 Å². The summed E-state index contributed by atoms with van der Waals surface area (Å²) in [4.78, 5) is 31.7. The van der Waals surface area contributed by atoms with Crippen molar-refractivity contribution in [1.82, 2.24) is 9.88 Å². The average molecular weight is 341 g/mol. The van der Waals surface area contributed by atoms with E-state index in [1.165, 1.54) is 11.3 Å². The van der Waals surface area contributed by atoms with Gasteiger partial charge in [0.15, 0.2) is 5.13 Å². The van der Waals surface area contributed by atoms with Crippen molar-refractivity contribution in [2.24, 2.45) is 5.41 Å². The lowest BCUT2D eigenvalue weighted by Gasteiger charge is -2.29. The fourth-order valence-corrected chi connectivity index (χ4v) is 2.82. The van der Waals surface area contributed by atoms with Crippen molar-refractivity contribution < 1.29 is 14.3 Å². The van der Waals surface area contributed by atoms with Gasteiger partial charge in [-0.25, -0.2) is 4.98 Å². The number of anilines is 1. The van der Waals surface area contributed by atoms with E-state index in [0.717, 1.165) is 10.6 Å². The molecule has 7 heteroatoms. The molecular weight excluding hydrogens is 314 g/mol. The summed E-state index contributed by atoms with van der Waals surface area (Å²) in [6, 6.07) is 0. The fraction of sp³-hybridized carbons (Fsp3) is 0.688. The monoisotopic (exact) mass is 341 g/mol. The first-order valence-corrected chi connectivity index (χ1v) is 8.49. The number of methoxy groups -OCH3 is 1. The van der Waals surface area contributed by atoms with E-state index in [1.807, 2.05) is 34.6 Å². The first kappa shape index (κ1) is 19.6. The normalized spacial score (nSPS) is 11.4. The third-order valence-corrected chi connectivity index (χ3v) is 4.30. The van der Waals surface area contributed by atoms with E-state index < -0.39 is 5.41 Å². The minimum Gasteiger partial charge on any atom is -0.385 e. The van der Waals surface area contributed by atoms with E-state index in [1.54, 1.807) is 12.0 Å². The zero-order valence-corrected chi connectivity index (χ0v) is 15.7. The molecule has 0 saturated heterocycles. The van der Waals surface area contributed by atoms with E-state index in [2.05, 4.69) is 10.3 Å². The Hall–Kier alpha value is -1.47. The van der Waals surface area contributed by atoms with Gasteiger partial charge in [0.05, 0.1) is 12.2 Å². The van der Waals surface area contributed by atoms with Crippen LogP contribution >= 0.6 is 11.3 Å². The van der Waals surface area contributed by atoms with Crippen molar-refractivity contribution in [2.75, 3.05) is 32.1 Å². The maximum Gasteiger partial charge on any atom is 0.245 e. The Labute approximate surface area is 142 Å². The molecule has 2 amide bonds. The van der Waals surface area contributed by atoms with E-state index in [9.17, 15) is 9.59 Å². The molecule has 0 atom stereocenters. The highest BCUT2D eigenvalue weighted by molar-refractivity contribution is 7.15. The number of ether oxygens (including phenoxy) is 1. The van der Waals surface area contributed by atoms with Gasteiger partial charge in [-0.2, -0.15) is 0 Å². The molecule has 0 radical (unpaired) electrons. The first-order valence-electron chi connectivity index (χ1n) is 7.67. The minimum absolute atomic E-state index is 0.0253. The van der Waals surface area contributed by atoms with Crippen molar-refractivity contribution in [3.05, 3.63) is 10.6 Å². The number of rotatable bonds is 7. The lowest BCUT2D eigenvalue weighted by Crippen LogP contribution is -2.44. The molecule has 0 aliphatic carbocycles. The molecule has 1 rings (SSSR count). The summed E-state index contributed by atoms with van der Waals surface area (Å²) in [6.45, 7) is 10.5. The van der Waals surface area contributed by atoms with Crippen molar-refractivity contribution in [3.8, 4) is 0 Å². The third kappa shape index (κ3) is 6.27. The molecule has 1 aromatic rings. The zero-order valence-electron chi connectivity index (χ0n) is 14.9. The van der Waals surface area contributed by atoms with Crippen LogP contribution < -0.4 is 5.32 Å². The first-order chi connectivity index (χ1) is 10.6. The van der Waals surface area contributed by atoms with Gasteiger partial charge in [0.1, 0.15) is 0 Å². The lowest BCUT2D eigenvalue weighted by molar-refractivity contribution is -0.142. The lowest BCUT2D eigenvalue weighted by atomic mass is 9.94. The van der Waals surface area contributed by atoms with E-state index >= 15 is 0 Å². The van der Waals surface area contributed by atoms with Gasteiger partial charge < -0.3 is 15.0 Å². The summed E-state index contributed by atoms with van der Waals surface area (Å²) in [7, 11) is 1.62. The third-order valence-electron chi connectivity index (χ3n) is 3.31. The van der Waals surface area contributed by atoms with Gasteiger partial charge in [-0.15, -0.1) is 11.3 Å². The highest BCUT2D eigenvalue weighted by Crippen LogP contribution is 2.21. The van der Waals surface area contributed by atoms with Crippen molar-refractivity contribution in [2.45, 2.75) is 41.0 Å². The standard InChI is InChI=1S/C16H27N3O3S/c1-11-12(2)23-15(17-11)18-13(20)10-19(8-7-9-22-6)14(21)16(3,4)5/h7-10H2,1-6H3,(H,17,18,20). The van der Waals surface area contributed by atoms with Crippen molar-refractivity contribution >= 4 is 28.3 Å². The molecule has 6 nitrogen and oxygen atoms in total. The van der Waals surface area contributed by atoms with Crippen LogP contribution in [-0.2, 0) is 14.3 Å². The Morgan fingerprint density at radius 3 is 2.43 bits per heavy atom. The van der Waals surface area contributed by atoms with E-state index in [0.29, 0.717) is 24.7 Å². The minimum atomic E-state index is -0.526. The van der Waals surface area contributed by atoms with Crippen LogP contribution in [0.25, 0.3) is 0 Å². The number of nitrogens with zero attached hydrogens (tertiary/aromatic N) is 2. The molecule has 0 fully saturated rings. The van der Waals surface area contributed by atoms with Gasteiger partial charge in [-0.3, -0.25) is 9.59 Å². The van der Waals surface area contributed by atoms with Crippen LogP contribution in [0, 0.1) is 19.3 Å². The molecule has 1 N–H and O–H groups in total. The number of nitrogens with one attached hydrogen (secondary N) is 1. The number of carbonyl (C=O) groups excluding carboxylic acids is 2. The highest BCUT2D eigenvalue weighted by atomic mass is 32.1. The van der Waals surface area contributed by atoms with Crippen LogP contribution in [0.1, 0.15) is 37.8 Å². The molecule has 0 bridgehead atoms. The Kier molecular flexibility index (Phi) is 7.15. The summed E-state index contributed by atoms with van der Waals surface area (Å²) in [5.74, 6) is -0.274. The van der Waals surface area contributed by atoms with Gasteiger partial charge in [-0.1, -0.05) is 20.8 Å². The molecule has 1 heterocycles. The number of amides is 2. The smallest absolute Gasteiger partial charge is 0.245 e. The summed E-state index contributed by atoms with van der Waals surface area (Å²) in [6.07, 6.45) is 0.696. The second-order valence-electron chi connectivity index (χ2n) is 6.53. The predicted octanol–water partition coefficient (Wildman–Crippen LogP) is 2.61. The number of aromatic nitrogens is 1. The van der Waals surface area contributed by atoms with Crippen LogP contribution in [0.2, 0.25) is 0 Å². The number of aryl methyl sites for hydroxylation is 2. The average Bonchev–Trinajstić information content (AvgIpc) is 2.74. The summed E-state index contributed by atoms with van der Waals surface area (Å²) >= 11 is 1.44. The number of hydrogen-bond acceptors (Lipinski definition) is 5. The summed E-state index contributed by atoms with van der Waals surface area (Å²) in [5.41, 5.74) is 0.384. The summed E-state index contributed by atoms with van der Waals surface area (Å²) < 4.78 is 5.03. The Bertz CT molecular complexity index is 530. The van der Waals surface area contributed by atoms with Crippen molar-refractivity contribution in [3.63, 3.8) is 0 Å². The molecule has 0 unspecified atom stereocenters. The molecule has 23 heavy (non-hydrogen) atoms. The maximum atomic E-state index is 12.5. The molecule has 0 aliphatic heterocycles. The zero-order chi connectivity index (χ0) is 17.6. The Morgan fingerprint density at radius 2 is 1.96 bits per heavy atom. The van der Waals surface area contributed by atoms with Crippen LogP contribution in [0.4, 0.5) is 5.13 Å². The fourth-order valence-electron chi connectivity index (χ4n) is 1.98. The topological polar surface area (TPSA) is 71.5 Å². The number of carbonyl (C=O) groups is 2. The quantitative estimate of drug-likeness (QED) is 0.774. The molecular formula is C16H27N3O3S. The number of thiazole rings is 1. The summed E-state index contributed by atoms with van der Waals surface area (Å²) in [5, 5.41) is 3.35. The van der Waals surface area contributed by atoms with Crippen LogP contribution in [0.5, 0.6) is 0 Å². The van der Waals surface area contributed by atoms with Crippen LogP contribution in [-0.4, -0.2) is 48.5 Å². The van der Waals surface area contributed by atoms with Gasteiger partial charge in [0.25, 0.3) is 0 Å². The largest absolute Gasteiger partial charge is 0.385 e. The molecule has 0 aliphatic rings. The van der Waals surface area contributed by atoms with Crippen molar-refractivity contribution in [1.29, 1.82) is 0 Å². The number of hydrogen-bond donors (Lipinski definition) is 1. The van der Waals surface area contributed by atoms with E-state index in [4.69, 9.17) is 4.74 Å². The van der Waals surface area contributed by atoms with Crippen LogP contribution in [0.3, 0.4) is 0 Å². The maximum absolute atomic E-state index is 12.5. The van der Waals surface area contributed by atoms with Crippen LogP contribution in [0.15, 0.2) is 0 Å². The van der Waals surface area contributed by atoms with Gasteiger partial charge in [-0.05, 0) is 20.3 Å². The highest BCUT2D eigenvalue weighted by Gasteiger charge is 2.28. The molecule has 130 valence electrons. The molecule has 0 saturated carbocycles. The van der Waals surface area contributed by atoms with Gasteiger partial charge in [0, 0.05) is 30.6 Å². The molecule has 0 spiro atoms.